The van der Waals surface area contributed by atoms with Crippen LogP contribution < -0.4 is 10.1 Å². The Hall–Kier alpha value is -3.55. The molecule has 0 unspecified atom stereocenters. The zero-order chi connectivity index (χ0) is 24.3. The first kappa shape index (κ1) is 24.1. The number of nitrogens with one attached hydrogen (secondary N) is 1. The first-order valence-corrected chi connectivity index (χ1v) is 10.6. The summed E-state index contributed by atoms with van der Waals surface area (Å²) in [5, 5.41) is 3.57. The number of alkyl carbamates (subject to hydrolysis) is 1. The average Bonchev–Trinajstić information content (AvgIpc) is 2.71. The number of ketones is 1. The number of rotatable bonds is 6. The third-order valence-corrected chi connectivity index (χ3v) is 4.82. The van der Waals surface area contributed by atoms with E-state index in [0.29, 0.717) is 23.3 Å². The second-order valence-electron chi connectivity index (χ2n) is 8.51. The van der Waals surface area contributed by atoms with Gasteiger partial charge < -0.3 is 14.8 Å². The van der Waals surface area contributed by atoms with Crippen molar-refractivity contribution in [2.45, 2.75) is 46.3 Å². The zero-order valence-electron chi connectivity index (χ0n) is 19.2. The van der Waals surface area contributed by atoms with Gasteiger partial charge in [-0.1, -0.05) is 12.1 Å². The van der Waals surface area contributed by atoms with Crippen LogP contribution in [0.1, 0.15) is 62.1 Å². The Kier molecular flexibility index (Phi) is 6.95. The van der Waals surface area contributed by atoms with Crippen molar-refractivity contribution in [3.05, 3.63) is 70.9 Å². The van der Waals surface area contributed by atoms with Crippen LogP contribution >= 0.6 is 0 Å². The maximum absolute atomic E-state index is 15.0. The van der Waals surface area contributed by atoms with E-state index in [1.807, 2.05) is 0 Å². The molecule has 0 aliphatic rings. The number of carbonyl (C=O) groups is 2. The Bertz CT molecular complexity index is 1180. The molecule has 1 atom stereocenters. The Morgan fingerprint density at radius 1 is 1.09 bits per heavy atom. The number of ether oxygens (including phenoxy) is 2. The number of amides is 1. The van der Waals surface area contributed by atoms with E-state index in [2.05, 4.69) is 10.3 Å². The molecule has 0 aliphatic heterocycles. The van der Waals surface area contributed by atoms with Gasteiger partial charge in [-0.2, -0.15) is 0 Å². The number of hydrogen-bond donors (Lipinski definition) is 1. The van der Waals surface area contributed by atoms with Crippen LogP contribution in [0.25, 0.3) is 10.8 Å². The van der Waals surface area contributed by atoms with Gasteiger partial charge >= 0.3 is 6.09 Å². The van der Waals surface area contributed by atoms with Crippen LogP contribution in [0.5, 0.6) is 5.88 Å². The van der Waals surface area contributed by atoms with Gasteiger partial charge in [0.25, 0.3) is 0 Å². The highest BCUT2D eigenvalue weighted by atomic mass is 19.1. The topological polar surface area (TPSA) is 77.5 Å². The number of pyridine rings is 1. The minimum Gasteiger partial charge on any atom is -0.478 e. The lowest BCUT2D eigenvalue weighted by molar-refractivity contribution is 0.0507. The number of aromatic nitrogens is 1. The second-order valence-corrected chi connectivity index (χ2v) is 8.51. The molecule has 3 rings (SSSR count). The summed E-state index contributed by atoms with van der Waals surface area (Å²) < 4.78 is 40.6. The van der Waals surface area contributed by atoms with E-state index in [1.54, 1.807) is 52.8 Å². The summed E-state index contributed by atoms with van der Waals surface area (Å²) in [5.74, 6) is -2.51. The molecule has 0 aliphatic carbocycles. The quantitative estimate of drug-likeness (QED) is 0.480. The summed E-state index contributed by atoms with van der Waals surface area (Å²) in [4.78, 5) is 29.3. The Morgan fingerprint density at radius 2 is 1.76 bits per heavy atom. The maximum atomic E-state index is 15.0. The van der Waals surface area contributed by atoms with E-state index >= 15 is 0 Å². The number of benzene rings is 2. The SMILES string of the molecule is CCOc1nccc2c(C(=O)c3c(F)cc([C@@H](C)NC(=O)OC(C)(C)C)cc3F)cccc12. The standard InChI is InChI=1S/C25H26F2N2O4/c1-6-32-23-18-9-7-8-17(16(18)10-11-28-23)22(30)21-19(26)12-15(13-20(21)27)14(2)29-24(31)33-25(3,4)5/h7-14H,6H2,1-5H3,(H,29,31)/t14-/m1/s1. The van der Waals surface area contributed by atoms with Crippen molar-refractivity contribution in [2.75, 3.05) is 6.61 Å². The highest BCUT2D eigenvalue weighted by Gasteiger charge is 2.25. The smallest absolute Gasteiger partial charge is 0.408 e. The third kappa shape index (κ3) is 5.45. The molecule has 1 amide bonds. The molecule has 174 valence electrons. The second kappa shape index (κ2) is 9.52. The molecule has 0 saturated carbocycles. The summed E-state index contributed by atoms with van der Waals surface area (Å²) in [6.07, 6.45) is 0.759. The predicted octanol–water partition coefficient (Wildman–Crippen LogP) is 5.73. The summed E-state index contributed by atoms with van der Waals surface area (Å²) in [5.41, 5.74) is -1.10. The number of halogens is 2. The minimum absolute atomic E-state index is 0.126. The first-order valence-electron chi connectivity index (χ1n) is 10.6. The van der Waals surface area contributed by atoms with Crippen molar-refractivity contribution >= 4 is 22.6 Å². The van der Waals surface area contributed by atoms with E-state index in [4.69, 9.17) is 9.47 Å². The number of fused-ring (bicyclic) bond motifs is 1. The van der Waals surface area contributed by atoms with E-state index < -0.39 is 40.7 Å². The first-order chi connectivity index (χ1) is 15.5. The lowest BCUT2D eigenvalue weighted by atomic mass is 9.95. The van der Waals surface area contributed by atoms with E-state index in [1.165, 1.54) is 12.3 Å². The molecule has 2 aromatic carbocycles. The molecule has 1 N–H and O–H groups in total. The van der Waals surface area contributed by atoms with Crippen molar-refractivity contribution in [3.63, 3.8) is 0 Å². The highest BCUT2D eigenvalue weighted by Crippen LogP contribution is 2.29. The fraction of sp³-hybridized carbons (Fsp3) is 0.320. The normalized spacial score (nSPS) is 12.3. The van der Waals surface area contributed by atoms with Crippen LogP contribution in [0.15, 0.2) is 42.6 Å². The van der Waals surface area contributed by atoms with E-state index in [0.717, 1.165) is 12.1 Å². The van der Waals surface area contributed by atoms with Crippen LogP contribution in [0.2, 0.25) is 0 Å². The molecule has 0 saturated heterocycles. The molecule has 0 spiro atoms. The summed E-state index contributed by atoms with van der Waals surface area (Å²) >= 11 is 0. The van der Waals surface area contributed by atoms with Gasteiger partial charge in [0, 0.05) is 17.1 Å². The molecule has 3 aromatic rings. The largest absolute Gasteiger partial charge is 0.478 e. The Morgan fingerprint density at radius 3 is 2.36 bits per heavy atom. The molecule has 33 heavy (non-hydrogen) atoms. The van der Waals surface area contributed by atoms with Gasteiger partial charge in [0.05, 0.1) is 18.2 Å². The van der Waals surface area contributed by atoms with Crippen molar-refractivity contribution in [1.29, 1.82) is 0 Å². The summed E-state index contributed by atoms with van der Waals surface area (Å²) in [6.45, 7) is 8.87. The fourth-order valence-corrected chi connectivity index (χ4v) is 3.39. The molecule has 8 heteroatoms. The minimum atomic E-state index is -1.02. The van der Waals surface area contributed by atoms with Gasteiger partial charge in [0.15, 0.2) is 5.78 Å². The number of carbonyl (C=O) groups excluding carboxylic acids is 2. The van der Waals surface area contributed by atoms with Crippen LogP contribution in [0.4, 0.5) is 13.6 Å². The molecule has 1 heterocycles. The number of nitrogens with zero attached hydrogens (tertiary/aromatic N) is 1. The molecular weight excluding hydrogens is 430 g/mol. The van der Waals surface area contributed by atoms with Gasteiger partial charge in [-0.05, 0) is 69.8 Å². The van der Waals surface area contributed by atoms with Crippen LogP contribution in [-0.4, -0.2) is 29.1 Å². The van der Waals surface area contributed by atoms with Gasteiger partial charge in [-0.25, -0.2) is 18.6 Å². The van der Waals surface area contributed by atoms with E-state index in [9.17, 15) is 18.4 Å². The molecular formula is C25H26F2N2O4. The monoisotopic (exact) mass is 456 g/mol. The third-order valence-electron chi connectivity index (χ3n) is 4.82. The van der Waals surface area contributed by atoms with Crippen molar-refractivity contribution < 1.29 is 27.8 Å². The van der Waals surface area contributed by atoms with Gasteiger partial charge in [0.2, 0.25) is 5.88 Å². The van der Waals surface area contributed by atoms with Gasteiger partial charge in [-0.15, -0.1) is 0 Å². The van der Waals surface area contributed by atoms with Crippen LogP contribution in [0, 0.1) is 11.6 Å². The van der Waals surface area contributed by atoms with E-state index in [-0.39, 0.29) is 11.1 Å². The van der Waals surface area contributed by atoms with Crippen molar-refractivity contribution in [2.24, 2.45) is 0 Å². The fourth-order valence-electron chi connectivity index (χ4n) is 3.39. The maximum Gasteiger partial charge on any atom is 0.408 e. The summed E-state index contributed by atoms with van der Waals surface area (Å²) in [6, 6.07) is 7.76. The zero-order valence-corrected chi connectivity index (χ0v) is 19.2. The summed E-state index contributed by atoms with van der Waals surface area (Å²) in [7, 11) is 0. The van der Waals surface area contributed by atoms with Crippen molar-refractivity contribution in [3.8, 4) is 5.88 Å². The van der Waals surface area contributed by atoms with Crippen LogP contribution in [0.3, 0.4) is 0 Å². The Labute approximate surface area is 190 Å². The van der Waals surface area contributed by atoms with Crippen LogP contribution in [-0.2, 0) is 4.74 Å². The Balaban J connectivity index is 1.94. The number of hydrogen-bond acceptors (Lipinski definition) is 5. The molecule has 0 bridgehead atoms. The lowest BCUT2D eigenvalue weighted by Crippen LogP contribution is -2.34. The molecule has 0 radical (unpaired) electrons. The molecule has 1 aromatic heterocycles. The van der Waals surface area contributed by atoms with Crippen molar-refractivity contribution in [1.82, 2.24) is 10.3 Å². The predicted molar refractivity (Wildman–Crippen MR) is 120 cm³/mol. The van der Waals surface area contributed by atoms with Gasteiger partial charge in [-0.3, -0.25) is 4.79 Å². The highest BCUT2D eigenvalue weighted by molar-refractivity contribution is 6.17. The van der Waals surface area contributed by atoms with Gasteiger partial charge in [0.1, 0.15) is 17.2 Å². The molecule has 0 fully saturated rings. The average molecular weight is 456 g/mol. The molecule has 6 nitrogen and oxygen atoms in total. The lowest BCUT2D eigenvalue weighted by Gasteiger charge is -2.22.